The summed E-state index contributed by atoms with van der Waals surface area (Å²) >= 11 is 0. The van der Waals surface area contributed by atoms with E-state index in [4.69, 9.17) is 10.5 Å². The first-order valence-corrected chi connectivity index (χ1v) is 4.82. The van der Waals surface area contributed by atoms with Gasteiger partial charge in [0.25, 0.3) is 0 Å². The molecule has 13 heavy (non-hydrogen) atoms. The van der Waals surface area contributed by atoms with E-state index in [0.717, 1.165) is 19.4 Å². The Morgan fingerprint density at radius 2 is 2.38 bits per heavy atom. The minimum Gasteiger partial charge on any atom is -0.444 e. The van der Waals surface area contributed by atoms with Gasteiger partial charge in [0.2, 0.25) is 0 Å². The van der Waals surface area contributed by atoms with E-state index < -0.39 is 0 Å². The summed E-state index contributed by atoms with van der Waals surface area (Å²) in [7, 11) is 0. The average Bonchev–Trinajstić information content (AvgIpc) is 2.43. The van der Waals surface area contributed by atoms with Gasteiger partial charge < -0.3 is 15.4 Å². The van der Waals surface area contributed by atoms with Gasteiger partial charge in [0.1, 0.15) is 6.10 Å². The lowest BCUT2D eigenvalue weighted by Gasteiger charge is -2.16. The van der Waals surface area contributed by atoms with Gasteiger partial charge in [-0.2, -0.15) is 0 Å². The fraction of sp³-hybridized carbons (Fsp3) is 0.889. The van der Waals surface area contributed by atoms with Gasteiger partial charge in [0, 0.05) is 6.04 Å². The molecule has 1 fully saturated rings. The van der Waals surface area contributed by atoms with Crippen LogP contribution in [0.25, 0.3) is 0 Å². The third kappa shape index (κ3) is 2.59. The normalized spacial score (nSPS) is 22.6. The molecule has 2 N–H and O–H groups in total. The van der Waals surface area contributed by atoms with E-state index in [1.165, 1.54) is 0 Å². The fourth-order valence-electron chi connectivity index (χ4n) is 1.46. The summed E-state index contributed by atoms with van der Waals surface area (Å²) in [6.07, 6.45) is 1.67. The topological polar surface area (TPSA) is 55.6 Å². The van der Waals surface area contributed by atoms with Crippen molar-refractivity contribution in [2.24, 2.45) is 5.73 Å². The van der Waals surface area contributed by atoms with Crippen molar-refractivity contribution in [1.82, 2.24) is 4.90 Å². The monoisotopic (exact) mass is 186 g/mol. The van der Waals surface area contributed by atoms with Gasteiger partial charge in [0.15, 0.2) is 0 Å². The molecular weight excluding hydrogens is 168 g/mol. The molecule has 0 aromatic heterocycles. The number of ether oxygens (including phenoxy) is 1. The summed E-state index contributed by atoms with van der Waals surface area (Å²) in [5, 5.41) is 0. The van der Waals surface area contributed by atoms with Gasteiger partial charge in [-0.3, -0.25) is 0 Å². The predicted octanol–water partition coefficient (Wildman–Crippen LogP) is 0.955. The molecule has 1 rings (SSSR count). The number of rotatable bonds is 4. The highest BCUT2D eigenvalue weighted by Gasteiger charge is 2.31. The lowest BCUT2D eigenvalue weighted by Crippen LogP contribution is -2.32. The van der Waals surface area contributed by atoms with Crippen LogP contribution in [-0.2, 0) is 4.74 Å². The average molecular weight is 186 g/mol. The maximum atomic E-state index is 11.3. The van der Waals surface area contributed by atoms with Crippen molar-refractivity contribution in [3.05, 3.63) is 0 Å². The van der Waals surface area contributed by atoms with Crippen molar-refractivity contribution >= 4 is 6.09 Å². The molecule has 0 radical (unpaired) electrons. The van der Waals surface area contributed by atoms with Crippen LogP contribution >= 0.6 is 0 Å². The molecule has 4 heteroatoms. The fourth-order valence-corrected chi connectivity index (χ4v) is 1.46. The number of carbonyl (C=O) groups excluding carboxylic acids is 1. The van der Waals surface area contributed by atoms with Crippen molar-refractivity contribution in [3.8, 4) is 0 Å². The predicted molar refractivity (Wildman–Crippen MR) is 50.4 cm³/mol. The molecule has 0 spiro atoms. The second-order valence-electron chi connectivity index (χ2n) is 3.68. The van der Waals surface area contributed by atoms with E-state index >= 15 is 0 Å². The molecule has 0 aromatic carbocycles. The molecule has 1 unspecified atom stereocenters. The molecule has 1 saturated heterocycles. The lowest BCUT2D eigenvalue weighted by molar-refractivity contribution is 0.126. The number of amides is 1. The van der Waals surface area contributed by atoms with Crippen LogP contribution in [0.4, 0.5) is 4.79 Å². The molecule has 4 nitrogen and oxygen atoms in total. The second kappa shape index (κ2) is 4.46. The summed E-state index contributed by atoms with van der Waals surface area (Å²) in [6, 6.07) is 0.232. The molecule has 0 aromatic rings. The Morgan fingerprint density at radius 3 is 2.85 bits per heavy atom. The zero-order valence-corrected chi connectivity index (χ0v) is 8.32. The summed E-state index contributed by atoms with van der Waals surface area (Å²) in [5.41, 5.74) is 5.38. The molecule has 0 aliphatic carbocycles. The van der Waals surface area contributed by atoms with E-state index in [1.807, 2.05) is 13.8 Å². The van der Waals surface area contributed by atoms with Crippen molar-refractivity contribution < 1.29 is 9.53 Å². The van der Waals surface area contributed by atoms with Gasteiger partial charge in [-0.05, 0) is 33.2 Å². The highest BCUT2D eigenvalue weighted by molar-refractivity contribution is 5.70. The number of hydrogen-bond acceptors (Lipinski definition) is 3. The smallest absolute Gasteiger partial charge is 0.410 e. The Morgan fingerprint density at radius 1 is 1.69 bits per heavy atom. The van der Waals surface area contributed by atoms with Gasteiger partial charge in [-0.25, -0.2) is 4.79 Å². The maximum Gasteiger partial charge on any atom is 0.410 e. The molecule has 0 bridgehead atoms. The van der Waals surface area contributed by atoms with Crippen molar-refractivity contribution in [1.29, 1.82) is 0 Å². The molecule has 1 aliphatic heterocycles. The minimum atomic E-state index is -0.183. The maximum absolute atomic E-state index is 11.3. The summed E-state index contributed by atoms with van der Waals surface area (Å²) < 4.78 is 5.17. The summed E-state index contributed by atoms with van der Waals surface area (Å²) in [6.45, 7) is 5.37. The third-order valence-corrected chi connectivity index (χ3v) is 2.26. The quantitative estimate of drug-likeness (QED) is 0.711. The lowest BCUT2D eigenvalue weighted by atomic mass is 10.2. The standard InChI is InChI=1S/C9H18N2O2/c1-7(2)11-6-8(4-3-5-10)13-9(11)12/h7-8H,3-6,10H2,1-2H3. The summed E-state index contributed by atoms with van der Waals surface area (Å²) in [5.74, 6) is 0. The minimum absolute atomic E-state index is 0.0541. The van der Waals surface area contributed by atoms with Crippen LogP contribution in [0.3, 0.4) is 0 Å². The van der Waals surface area contributed by atoms with Crippen LogP contribution < -0.4 is 5.73 Å². The number of nitrogens with two attached hydrogens (primary N) is 1. The molecule has 1 amide bonds. The van der Waals surface area contributed by atoms with Crippen LogP contribution in [-0.4, -0.2) is 36.2 Å². The van der Waals surface area contributed by atoms with E-state index in [-0.39, 0.29) is 18.2 Å². The van der Waals surface area contributed by atoms with Crippen LogP contribution in [0.2, 0.25) is 0 Å². The molecule has 1 aliphatic rings. The highest BCUT2D eigenvalue weighted by atomic mass is 16.6. The molecule has 1 heterocycles. The van der Waals surface area contributed by atoms with Crippen molar-refractivity contribution in [2.75, 3.05) is 13.1 Å². The number of hydrogen-bond donors (Lipinski definition) is 1. The van der Waals surface area contributed by atoms with Gasteiger partial charge >= 0.3 is 6.09 Å². The van der Waals surface area contributed by atoms with Crippen LogP contribution in [0, 0.1) is 0 Å². The molecule has 76 valence electrons. The van der Waals surface area contributed by atoms with Crippen molar-refractivity contribution in [2.45, 2.75) is 38.8 Å². The first kappa shape index (κ1) is 10.3. The van der Waals surface area contributed by atoms with Gasteiger partial charge in [-0.15, -0.1) is 0 Å². The summed E-state index contributed by atoms with van der Waals surface area (Å²) in [4.78, 5) is 13.0. The Bertz CT molecular complexity index is 182. The van der Waals surface area contributed by atoms with Crippen LogP contribution in [0.15, 0.2) is 0 Å². The second-order valence-corrected chi connectivity index (χ2v) is 3.68. The zero-order valence-electron chi connectivity index (χ0n) is 8.32. The number of carbonyl (C=O) groups is 1. The molecule has 1 atom stereocenters. The van der Waals surface area contributed by atoms with E-state index in [9.17, 15) is 4.79 Å². The largest absolute Gasteiger partial charge is 0.444 e. The Labute approximate surface area is 79.0 Å². The first-order valence-electron chi connectivity index (χ1n) is 4.82. The SMILES string of the molecule is CC(C)N1CC(CCCN)OC1=O. The Hall–Kier alpha value is -0.770. The van der Waals surface area contributed by atoms with Gasteiger partial charge in [0.05, 0.1) is 6.54 Å². The van der Waals surface area contributed by atoms with E-state index in [2.05, 4.69) is 0 Å². The number of cyclic esters (lactones) is 1. The number of nitrogens with zero attached hydrogens (tertiary/aromatic N) is 1. The zero-order chi connectivity index (χ0) is 9.84. The Kier molecular flexibility index (Phi) is 3.54. The van der Waals surface area contributed by atoms with E-state index in [1.54, 1.807) is 4.90 Å². The molecule has 0 saturated carbocycles. The first-order chi connectivity index (χ1) is 6.15. The molecular formula is C9H18N2O2. The van der Waals surface area contributed by atoms with Crippen LogP contribution in [0.1, 0.15) is 26.7 Å². The highest BCUT2D eigenvalue weighted by Crippen LogP contribution is 2.17. The third-order valence-electron chi connectivity index (χ3n) is 2.26. The van der Waals surface area contributed by atoms with Crippen molar-refractivity contribution in [3.63, 3.8) is 0 Å². The Balaban J connectivity index is 2.36. The van der Waals surface area contributed by atoms with E-state index in [0.29, 0.717) is 6.54 Å². The van der Waals surface area contributed by atoms with Gasteiger partial charge in [-0.1, -0.05) is 0 Å². The van der Waals surface area contributed by atoms with Crippen LogP contribution in [0.5, 0.6) is 0 Å².